The molecule has 11 heavy (non-hydrogen) atoms. The first kappa shape index (κ1) is 10.6. The molecule has 0 saturated heterocycles. The zero-order chi connectivity index (χ0) is 8.69. The standard InChI is InChI=1S/C9H20N2/c1-5-7-11(9(3)4)8-10-6-2/h6,9H,5,7-8H2,1-4H3/b10-6+. The number of rotatable bonds is 5. The average Bonchev–Trinajstić information content (AvgIpc) is 1.97. The monoisotopic (exact) mass is 156 g/mol. The Labute approximate surface area is 70.3 Å². The Morgan fingerprint density at radius 1 is 1.45 bits per heavy atom. The molecular weight excluding hydrogens is 136 g/mol. The fourth-order valence-electron chi connectivity index (χ4n) is 0.966. The lowest BCUT2D eigenvalue weighted by Gasteiger charge is -2.23. The van der Waals surface area contributed by atoms with E-state index in [9.17, 15) is 0 Å². The topological polar surface area (TPSA) is 15.6 Å². The van der Waals surface area contributed by atoms with Gasteiger partial charge in [-0.3, -0.25) is 9.89 Å². The van der Waals surface area contributed by atoms with Gasteiger partial charge in [0.2, 0.25) is 0 Å². The van der Waals surface area contributed by atoms with Gasteiger partial charge in [-0.05, 0) is 40.0 Å². The molecule has 0 aliphatic rings. The second kappa shape index (κ2) is 6.35. The Morgan fingerprint density at radius 2 is 2.09 bits per heavy atom. The van der Waals surface area contributed by atoms with Crippen LogP contribution in [-0.2, 0) is 0 Å². The van der Waals surface area contributed by atoms with Crippen molar-refractivity contribution < 1.29 is 0 Å². The summed E-state index contributed by atoms with van der Waals surface area (Å²) in [6.45, 7) is 10.6. The third-order valence-electron chi connectivity index (χ3n) is 1.69. The van der Waals surface area contributed by atoms with Crippen LogP contribution in [0, 0.1) is 0 Å². The van der Waals surface area contributed by atoms with Gasteiger partial charge in [0.1, 0.15) is 0 Å². The van der Waals surface area contributed by atoms with Gasteiger partial charge in [-0.25, -0.2) is 0 Å². The van der Waals surface area contributed by atoms with E-state index in [-0.39, 0.29) is 0 Å². The van der Waals surface area contributed by atoms with Crippen LogP contribution in [-0.4, -0.2) is 30.4 Å². The predicted octanol–water partition coefficient (Wildman–Crippen LogP) is 2.16. The van der Waals surface area contributed by atoms with Gasteiger partial charge < -0.3 is 0 Å². The molecule has 0 amide bonds. The molecule has 0 bridgehead atoms. The Hall–Kier alpha value is -0.370. The van der Waals surface area contributed by atoms with E-state index in [1.807, 2.05) is 13.1 Å². The molecule has 0 radical (unpaired) electrons. The molecular formula is C9H20N2. The lowest BCUT2D eigenvalue weighted by molar-refractivity contribution is 0.230. The van der Waals surface area contributed by atoms with Crippen LogP contribution in [0.3, 0.4) is 0 Å². The first-order valence-electron chi connectivity index (χ1n) is 4.40. The number of aliphatic imine (C=N–C) groups is 1. The molecule has 0 saturated carbocycles. The maximum Gasteiger partial charge on any atom is 0.0907 e. The van der Waals surface area contributed by atoms with Crippen molar-refractivity contribution in [1.29, 1.82) is 0 Å². The summed E-state index contributed by atoms with van der Waals surface area (Å²) in [6, 6.07) is 0.610. The summed E-state index contributed by atoms with van der Waals surface area (Å²) in [7, 11) is 0. The zero-order valence-electron chi connectivity index (χ0n) is 8.17. The van der Waals surface area contributed by atoms with Gasteiger partial charge >= 0.3 is 0 Å². The first-order valence-corrected chi connectivity index (χ1v) is 4.40. The molecule has 0 atom stereocenters. The van der Waals surface area contributed by atoms with E-state index >= 15 is 0 Å². The van der Waals surface area contributed by atoms with Crippen molar-refractivity contribution in [1.82, 2.24) is 4.90 Å². The third kappa shape index (κ3) is 4.96. The summed E-state index contributed by atoms with van der Waals surface area (Å²) in [5.41, 5.74) is 0. The van der Waals surface area contributed by atoms with Crippen LogP contribution in [0.4, 0.5) is 0 Å². The molecule has 0 aliphatic heterocycles. The summed E-state index contributed by atoms with van der Waals surface area (Å²) < 4.78 is 0. The highest BCUT2D eigenvalue weighted by Gasteiger charge is 2.05. The molecule has 0 N–H and O–H groups in total. The van der Waals surface area contributed by atoms with Crippen LogP contribution in [0.2, 0.25) is 0 Å². The molecule has 0 rings (SSSR count). The molecule has 0 fully saturated rings. The summed E-state index contributed by atoms with van der Waals surface area (Å²) >= 11 is 0. The van der Waals surface area contributed by atoms with E-state index in [0.29, 0.717) is 6.04 Å². The van der Waals surface area contributed by atoms with Crippen LogP contribution in [0.5, 0.6) is 0 Å². The zero-order valence-corrected chi connectivity index (χ0v) is 8.17. The number of hydrogen-bond acceptors (Lipinski definition) is 2. The van der Waals surface area contributed by atoms with Gasteiger partial charge in [-0.1, -0.05) is 6.92 Å². The van der Waals surface area contributed by atoms with Crippen LogP contribution >= 0.6 is 0 Å². The SMILES string of the molecule is C/C=N/CN(CCC)C(C)C. The quantitative estimate of drug-likeness (QED) is 0.557. The van der Waals surface area contributed by atoms with Crippen molar-refractivity contribution >= 4 is 6.21 Å². The van der Waals surface area contributed by atoms with Crippen LogP contribution in [0.1, 0.15) is 34.1 Å². The normalized spacial score (nSPS) is 12.2. The van der Waals surface area contributed by atoms with Gasteiger partial charge in [0.25, 0.3) is 0 Å². The second-order valence-corrected chi connectivity index (χ2v) is 2.99. The van der Waals surface area contributed by atoms with Gasteiger partial charge in [0, 0.05) is 6.04 Å². The van der Waals surface area contributed by atoms with Gasteiger partial charge in [0.15, 0.2) is 0 Å². The molecule has 0 spiro atoms. The largest absolute Gasteiger partial charge is 0.282 e. The van der Waals surface area contributed by atoms with Gasteiger partial charge in [0.05, 0.1) is 6.67 Å². The lowest BCUT2D eigenvalue weighted by atomic mass is 10.3. The Bertz CT molecular complexity index is 108. The van der Waals surface area contributed by atoms with E-state index in [0.717, 1.165) is 13.2 Å². The summed E-state index contributed by atoms with van der Waals surface area (Å²) in [5, 5.41) is 0. The predicted molar refractivity (Wildman–Crippen MR) is 51.2 cm³/mol. The van der Waals surface area contributed by atoms with Crippen LogP contribution in [0.25, 0.3) is 0 Å². The number of nitrogens with zero attached hydrogens (tertiary/aromatic N) is 2. The van der Waals surface area contributed by atoms with Crippen molar-refractivity contribution in [3.05, 3.63) is 0 Å². The minimum atomic E-state index is 0.610. The summed E-state index contributed by atoms with van der Waals surface area (Å²) in [4.78, 5) is 6.57. The highest BCUT2D eigenvalue weighted by molar-refractivity contribution is 5.53. The van der Waals surface area contributed by atoms with Crippen molar-refractivity contribution in [2.24, 2.45) is 4.99 Å². The molecule has 66 valence electrons. The van der Waals surface area contributed by atoms with Gasteiger partial charge in [-0.2, -0.15) is 0 Å². The molecule has 0 aromatic rings. The minimum absolute atomic E-state index is 0.610. The molecule has 0 aromatic heterocycles. The molecule has 2 heteroatoms. The first-order chi connectivity index (χ1) is 5.22. The second-order valence-electron chi connectivity index (χ2n) is 2.99. The van der Waals surface area contributed by atoms with E-state index in [2.05, 4.69) is 30.7 Å². The average molecular weight is 156 g/mol. The highest BCUT2D eigenvalue weighted by atomic mass is 15.2. The highest BCUT2D eigenvalue weighted by Crippen LogP contribution is 1.98. The van der Waals surface area contributed by atoms with Gasteiger partial charge in [-0.15, -0.1) is 0 Å². The maximum absolute atomic E-state index is 4.21. The fraction of sp³-hybridized carbons (Fsp3) is 0.889. The smallest absolute Gasteiger partial charge is 0.0907 e. The minimum Gasteiger partial charge on any atom is -0.282 e. The molecule has 0 aliphatic carbocycles. The third-order valence-corrected chi connectivity index (χ3v) is 1.69. The molecule has 0 unspecified atom stereocenters. The Balaban J connectivity index is 3.69. The van der Waals surface area contributed by atoms with E-state index < -0.39 is 0 Å². The van der Waals surface area contributed by atoms with E-state index in [4.69, 9.17) is 0 Å². The lowest BCUT2D eigenvalue weighted by Crippen LogP contribution is -2.31. The molecule has 0 aromatic carbocycles. The van der Waals surface area contributed by atoms with Crippen molar-refractivity contribution in [2.75, 3.05) is 13.2 Å². The maximum atomic E-state index is 4.21. The van der Waals surface area contributed by atoms with Crippen molar-refractivity contribution in [3.63, 3.8) is 0 Å². The molecule has 2 nitrogen and oxygen atoms in total. The van der Waals surface area contributed by atoms with E-state index in [1.54, 1.807) is 0 Å². The summed E-state index contributed by atoms with van der Waals surface area (Å²) in [5.74, 6) is 0. The van der Waals surface area contributed by atoms with Crippen LogP contribution < -0.4 is 0 Å². The van der Waals surface area contributed by atoms with E-state index in [1.165, 1.54) is 6.42 Å². The van der Waals surface area contributed by atoms with Crippen molar-refractivity contribution in [2.45, 2.75) is 40.2 Å². The Kier molecular flexibility index (Phi) is 6.13. The fourth-order valence-corrected chi connectivity index (χ4v) is 0.966. The number of hydrogen-bond donors (Lipinski definition) is 0. The summed E-state index contributed by atoms with van der Waals surface area (Å²) in [6.07, 6.45) is 3.07. The van der Waals surface area contributed by atoms with Crippen molar-refractivity contribution in [3.8, 4) is 0 Å². The molecule has 0 heterocycles. The Morgan fingerprint density at radius 3 is 2.45 bits per heavy atom. The van der Waals surface area contributed by atoms with Crippen LogP contribution in [0.15, 0.2) is 4.99 Å².